The van der Waals surface area contributed by atoms with Crippen LogP contribution in [0, 0.1) is 0 Å². The number of aliphatic hydroxyl groups excluding tert-OH is 1. The van der Waals surface area contributed by atoms with Crippen LogP contribution < -0.4 is 4.74 Å². The van der Waals surface area contributed by atoms with E-state index < -0.39 is 14.4 Å². The lowest BCUT2D eigenvalue weighted by Gasteiger charge is -2.43. The number of methoxy groups -OCH3 is 1. The summed E-state index contributed by atoms with van der Waals surface area (Å²) >= 11 is 1.59. The first-order valence-corrected chi connectivity index (χ1v) is 14.8. The first kappa shape index (κ1) is 28.1. The maximum absolute atomic E-state index is 10.3. The number of benzene rings is 1. The Morgan fingerprint density at radius 1 is 1.03 bits per heavy atom. The Morgan fingerprint density at radius 2 is 1.61 bits per heavy atom. The average Bonchev–Trinajstić information content (AvgIpc) is 2.73. The van der Waals surface area contributed by atoms with E-state index in [1.54, 1.807) is 18.9 Å². The maximum atomic E-state index is 10.3. The van der Waals surface area contributed by atoms with Gasteiger partial charge in [-0.1, -0.05) is 54.9 Å². The lowest BCUT2D eigenvalue weighted by Crippen LogP contribution is -2.47. The molecule has 1 aromatic carbocycles. The van der Waals surface area contributed by atoms with Crippen LogP contribution >= 0.6 is 11.8 Å². The smallest absolute Gasteiger partial charge is 0.258 e. The fourth-order valence-corrected chi connectivity index (χ4v) is 10.3. The molecule has 0 aliphatic carbocycles. The van der Waals surface area contributed by atoms with E-state index in [9.17, 15) is 5.11 Å². The summed E-state index contributed by atoms with van der Waals surface area (Å²) in [5, 5.41) is 12.3. The Morgan fingerprint density at radius 3 is 2.10 bits per heavy atom. The highest BCUT2D eigenvalue weighted by Crippen LogP contribution is 2.45. The fourth-order valence-electron chi connectivity index (χ4n) is 4.20. The van der Waals surface area contributed by atoms with Crippen LogP contribution in [0.4, 0.5) is 0 Å². The third-order valence-electron chi connectivity index (χ3n) is 5.80. The van der Waals surface area contributed by atoms with Gasteiger partial charge in [-0.3, -0.25) is 0 Å². The molecule has 0 aliphatic heterocycles. The Bertz CT molecular complexity index is 622. The predicted octanol–water partition coefficient (Wildman–Crippen LogP) is 7.10. The summed E-state index contributed by atoms with van der Waals surface area (Å²) in [5.74, 6) is 2.30. The molecule has 1 atom stereocenters. The molecule has 1 N–H and O–H groups in total. The van der Waals surface area contributed by atoms with Crippen LogP contribution in [-0.4, -0.2) is 45.6 Å². The second-order valence-corrected chi connectivity index (χ2v) is 15.3. The highest BCUT2D eigenvalue weighted by Gasteiger charge is 2.47. The van der Waals surface area contributed by atoms with Crippen molar-refractivity contribution in [2.75, 3.05) is 26.1 Å². The molecule has 0 aliphatic rings. The predicted molar refractivity (Wildman–Crippen MR) is 137 cm³/mol. The van der Waals surface area contributed by atoms with Crippen molar-refractivity contribution in [1.29, 1.82) is 0 Å². The molecule has 31 heavy (non-hydrogen) atoms. The molecule has 0 saturated heterocycles. The largest absolute Gasteiger partial charge is 0.542 e. The second-order valence-electron chi connectivity index (χ2n) is 9.05. The summed E-state index contributed by atoms with van der Waals surface area (Å²) in [4.78, 5) is 0. The van der Waals surface area contributed by atoms with Crippen molar-refractivity contribution in [3.8, 4) is 5.75 Å². The summed E-state index contributed by atoms with van der Waals surface area (Å²) in [6.45, 7) is 17.0. The van der Waals surface area contributed by atoms with Crippen molar-refractivity contribution in [3.63, 3.8) is 0 Å². The van der Waals surface area contributed by atoms with Crippen molar-refractivity contribution in [2.45, 2.75) is 84.0 Å². The lowest BCUT2D eigenvalue weighted by molar-refractivity contribution is 0.0474. The summed E-state index contributed by atoms with van der Waals surface area (Å²) in [6, 6.07) is 8.04. The SMILES string of the molecule is CCCCOC[C@H](O)CS/C=C(\O[Si](C(C)C)(C(C)C)C(C)C)c1ccc(OC)cc1. The van der Waals surface area contributed by atoms with Gasteiger partial charge < -0.3 is 19.0 Å². The second kappa shape index (κ2) is 14.2. The first-order valence-electron chi connectivity index (χ1n) is 11.6. The summed E-state index contributed by atoms with van der Waals surface area (Å²) in [7, 11) is -0.426. The summed E-state index contributed by atoms with van der Waals surface area (Å²) < 4.78 is 17.9. The van der Waals surface area contributed by atoms with Gasteiger partial charge in [-0.25, -0.2) is 0 Å². The van der Waals surface area contributed by atoms with Gasteiger partial charge in [0.2, 0.25) is 0 Å². The molecule has 0 unspecified atom stereocenters. The van der Waals surface area contributed by atoms with Gasteiger partial charge in [0.15, 0.2) is 0 Å². The minimum absolute atomic E-state index is 0.377. The molecule has 0 heterocycles. The zero-order valence-electron chi connectivity index (χ0n) is 20.8. The molecule has 178 valence electrons. The van der Waals surface area contributed by atoms with Crippen LogP contribution in [0.1, 0.15) is 66.9 Å². The zero-order chi connectivity index (χ0) is 23.4. The van der Waals surface area contributed by atoms with Crippen molar-refractivity contribution >= 4 is 25.8 Å². The average molecular weight is 469 g/mol. The van der Waals surface area contributed by atoms with Crippen molar-refractivity contribution in [1.82, 2.24) is 0 Å². The topological polar surface area (TPSA) is 47.9 Å². The van der Waals surface area contributed by atoms with Gasteiger partial charge in [0.25, 0.3) is 8.32 Å². The van der Waals surface area contributed by atoms with E-state index in [0.29, 0.717) is 35.6 Å². The van der Waals surface area contributed by atoms with E-state index in [0.717, 1.165) is 29.9 Å². The van der Waals surface area contributed by atoms with Crippen LogP contribution in [0.2, 0.25) is 16.6 Å². The molecule has 0 saturated carbocycles. The summed E-state index contributed by atoms with van der Waals surface area (Å²) in [6.07, 6.45) is 1.64. The Hall–Kier alpha value is -0.953. The van der Waals surface area contributed by atoms with E-state index in [4.69, 9.17) is 13.9 Å². The van der Waals surface area contributed by atoms with Crippen LogP contribution in [0.5, 0.6) is 5.75 Å². The molecule has 0 spiro atoms. The normalized spacial score (nSPS) is 13.9. The van der Waals surface area contributed by atoms with Crippen LogP contribution in [0.3, 0.4) is 0 Å². The van der Waals surface area contributed by atoms with Gasteiger partial charge in [0, 0.05) is 23.3 Å². The molecule has 0 bridgehead atoms. The van der Waals surface area contributed by atoms with E-state index in [2.05, 4.69) is 66.0 Å². The number of ether oxygens (including phenoxy) is 2. The Kier molecular flexibility index (Phi) is 12.9. The molecule has 0 amide bonds. The van der Waals surface area contributed by atoms with E-state index in [-0.39, 0.29) is 0 Å². The van der Waals surface area contributed by atoms with Crippen LogP contribution in [0.25, 0.3) is 5.76 Å². The highest BCUT2D eigenvalue weighted by molar-refractivity contribution is 8.02. The van der Waals surface area contributed by atoms with E-state index in [1.165, 1.54) is 0 Å². The molecule has 1 aromatic rings. The minimum atomic E-state index is -2.10. The minimum Gasteiger partial charge on any atom is -0.542 e. The molecule has 0 fully saturated rings. The number of hydrogen-bond donors (Lipinski definition) is 1. The van der Waals surface area contributed by atoms with Crippen molar-refractivity contribution < 1.29 is 19.0 Å². The zero-order valence-corrected chi connectivity index (χ0v) is 22.6. The molecule has 0 aromatic heterocycles. The fraction of sp³-hybridized carbons (Fsp3) is 0.680. The Labute approximate surface area is 195 Å². The van der Waals surface area contributed by atoms with Crippen LogP contribution in [-0.2, 0) is 9.16 Å². The molecular weight excluding hydrogens is 424 g/mol. The summed E-state index contributed by atoms with van der Waals surface area (Å²) in [5.41, 5.74) is 2.49. The lowest BCUT2D eigenvalue weighted by atomic mass is 10.2. The monoisotopic (exact) mass is 468 g/mol. The van der Waals surface area contributed by atoms with E-state index in [1.807, 2.05) is 12.1 Å². The number of rotatable bonds is 15. The van der Waals surface area contributed by atoms with E-state index >= 15 is 0 Å². The molecule has 4 nitrogen and oxygen atoms in total. The van der Waals surface area contributed by atoms with Gasteiger partial charge in [-0.2, -0.15) is 0 Å². The van der Waals surface area contributed by atoms with Gasteiger partial charge in [0.1, 0.15) is 11.5 Å². The van der Waals surface area contributed by atoms with Gasteiger partial charge in [-0.15, -0.1) is 11.8 Å². The third-order valence-corrected chi connectivity index (χ3v) is 12.7. The van der Waals surface area contributed by atoms with Gasteiger partial charge in [0.05, 0.1) is 19.8 Å². The quantitative estimate of drug-likeness (QED) is 0.169. The standard InChI is InChI=1S/C25H44O4SSi/c1-9-10-15-28-16-23(26)17-30-18-25(22-11-13-24(27-8)14-12-22)29-31(19(2)3,20(4)5)21(6)7/h11-14,18-21,23,26H,9-10,15-17H2,1-8H3/b25-18-/t23-/m0/s1. The first-order chi connectivity index (χ1) is 14.7. The number of unbranched alkanes of at least 4 members (excludes halogenated alkanes) is 1. The molecule has 0 radical (unpaired) electrons. The molecular formula is C25H44O4SSi. The van der Waals surface area contributed by atoms with Crippen molar-refractivity contribution in [2.24, 2.45) is 0 Å². The number of aliphatic hydroxyl groups is 1. The maximum Gasteiger partial charge on any atom is 0.258 e. The Balaban J connectivity index is 3.07. The van der Waals surface area contributed by atoms with Crippen LogP contribution in [0.15, 0.2) is 29.7 Å². The van der Waals surface area contributed by atoms with Gasteiger partial charge in [-0.05, 0) is 47.3 Å². The molecule has 1 rings (SSSR count). The number of hydrogen-bond acceptors (Lipinski definition) is 5. The van der Waals surface area contributed by atoms with Gasteiger partial charge >= 0.3 is 0 Å². The third kappa shape index (κ3) is 8.48. The van der Waals surface area contributed by atoms with Crippen molar-refractivity contribution in [3.05, 3.63) is 35.2 Å². The highest BCUT2D eigenvalue weighted by atomic mass is 32.2. The number of thioether (sulfide) groups is 1. The molecule has 6 heteroatoms.